The Morgan fingerprint density at radius 2 is 1.73 bits per heavy atom. The summed E-state index contributed by atoms with van der Waals surface area (Å²) in [7, 11) is -3.91. The van der Waals surface area contributed by atoms with Crippen molar-refractivity contribution in [3.63, 3.8) is 0 Å². The number of urea groups is 3. The van der Waals surface area contributed by atoms with Crippen LogP contribution in [0.2, 0.25) is 0 Å². The van der Waals surface area contributed by atoms with Gasteiger partial charge in [0.15, 0.2) is 0 Å². The second-order valence-corrected chi connectivity index (χ2v) is 13.3. The largest absolute Gasteiger partial charge is 1.00 e. The number of aliphatic carboxylic acids is 1. The van der Waals surface area contributed by atoms with E-state index in [1.165, 1.54) is 23.9 Å². The van der Waals surface area contributed by atoms with E-state index in [9.17, 15) is 42.3 Å². The number of thioether (sulfide) groups is 1. The number of hydrogen-bond donors (Lipinski definition) is 3. The zero-order valence-corrected chi connectivity index (χ0v) is 25.6. The zero-order valence-electron chi connectivity index (χ0n) is 21.9. The van der Waals surface area contributed by atoms with Gasteiger partial charge in [-0.1, -0.05) is 30.3 Å². The minimum Gasteiger partial charge on any atom is -0.548 e. The van der Waals surface area contributed by atoms with Crippen LogP contribution >= 0.6 is 11.8 Å². The normalized spacial score (nSPS) is 23.9. The average molecular weight is 605 g/mol. The molecule has 15 nitrogen and oxygen atoms in total. The van der Waals surface area contributed by atoms with Gasteiger partial charge in [-0.15, -0.1) is 11.8 Å². The molecule has 4 rings (SSSR count). The Hall–Kier alpha value is -2.86. The molecular formula is C22H25N6NaO9S2. The monoisotopic (exact) mass is 604 g/mol. The molecule has 3 N–H and O–H groups in total. The molecule has 210 valence electrons. The van der Waals surface area contributed by atoms with Crippen molar-refractivity contribution in [3.05, 3.63) is 35.9 Å². The Balaban J connectivity index is 0.00000441. The van der Waals surface area contributed by atoms with Crippen LogP contribution in [0, 0.1) is 0 Å². The number of benzene rings is 1. The van der Waals surface area contributed by atoms with E-state index in [4.69, 9.17) is 0 Å². The fourth-order valence-corrected chi connectivity index (χ4v) is 7.07. The number of amides is 8. The third kappa shape index (κ3) is 5.93. The molecule has 4 atom stereocenters. The third-order valence-corrected chi connectivity index (χ3v) is 9.18. The molecule has 4 unspecified atom stereocenters. The van der Waals surface area contributed by atoms with Crippen LogP contribution in [0.4, 0.5) is 14.4 Å². The fourth-order valence-electron chi connectivity index (χ4n) is 4.65. The second kappa shape index (κ2) is 11.6. The molecule has 0 bridgehead atoms. The molecule has 18 heteroatoms. The predicted octanol–water partition coefficient (Wildman–Crippen LogP) is -4.85. The molecule has 3 saturated heterocycles. The SMILES string of the molecule is CC1(C)SC2C(NC(=O)C(NC(=O)NC(=O)N3CCN(S(C)(=O)=O)C3=O)c3ccccc3)C(=O)N2C1C(=O)[O-].[Na+]. The maximum absolute atomic E-state index is 13.3. The van der Waals surface area contributed by atoms with Crippen molar-refractivity contribution in [1.29, 1.82) is 0 Å². The van der Waals surface area contributed by atoms with Crippen LogP contribution in [0.1, 0.15) is 25.5 Å². The Bertz CT molecular complexity index is 1360. The maximum atomic E-state index is 13.3. The number of carboxylic acid groups (broad SMARTS) is 1. The fraction of sp³-hybridized carbons (Fsp3) is 0.455. The van der Waals surface area contributed by atoms with Gasteiger partial charge in [-0.3, -0.25) is 14.9 Å². The molecular weight excluding hydrogens is 579 g/mol. The van der Waals surface area contributed by atoms with Gasteiger partial charge in [0.25, 0.3) is 0 Å². The number of sulfonamides is 1. The minimum absolute atomic E-state index is 0. The molecule has 0 aromatic heterocycles. The molecule has 3 aliphatic heterocycles. The Morgan fingerprint density at radius 3 is 2.27 bits per heavy atom. The summed E-state index contributed by atoms with van der Waals surface area (Å²) in [6, 6.07) is 0.788. The van der Waals surface area contributed by atoms with Gasteiger partial charge in [0.1, 0.15) is 17.5 Å². The topological polar surface area (TPSA) is 205 Å². The van der Waals surface area contributed by atoms with Crippen molar-refractivity contribution in [1.82, 2.24) is 30.1 Å². The van der Waals surface area contributed by atoms with Crippen molar-refractivity contribution in [2.75, 3.05) is 19.3 Å². The summed E-state index contributed by atoms with van der Waals surface area (Å²) < 4.78 is 23.0. The predicted molar refractivity (Wildman–Crippen MR) is 133 cm³/mol. The maximum Gasteiger partial charge on any atom is 1.00 e. The molecule has 40 heavy (non-hydrogen) atoms. The first kappa shape index (κ1) is 31.7. The Kier molecular flexibility index (Phi) is 9.15. The van der Waals surface area contributed by atoms with Gasteiger partial charge in [0.2, 0.25) is 21.8 Å². The van der Waals surface area contributed by atoms with Gasteiger partial charge in [0, 0.05) is 4.75 Å². The van der Waals surface area contributed by atoms with Gasteiger partial charge in [0.05, 0.1) is 31.4 Å². The molecule has 0 radical (unpaired) electrons. The second-order valence-electron chi connectivity index (χ2n) is 9.58. The summed E-state index contributed by atoms with van der Waals surface area (Å²) in [5, 5.41) is 17.7. The Morgan fingerprint density at radius 1 is 1.10 bits per heavy atom. The van der Waals surface area contributed by atoms with Crippen LogP contribution in [0.5, 0.6) is 0 Å². The number of carbonyl (C=O) groups is 6. The van der Waals surface area contributed by atoms with Gasteiger partial charge in [-0.2, -0.15) is 0 Å². The molecule has 3 fully saturated rings. The van der Waals surface area contributed by atoms with Gasteiger partial charge >= 0.3 is 47.7 Å². The molecule has 3 aliphatic rings. The number of nitrogens with one attached hydrogen (secondary N) is 3. The van der Waals surface area contributed by atoms with Crippen molar-refractivity contribution in [2.24, 2.45) is 0 Å². The number of carbonyl (C=O) groups excluding carboxylic acids is 6. The van der Waals surface area contributed by atoms with E-state index in [0.29, 0.717) is 14.8 Å². The van der Waals surface area contributed by atoms with Gasteiger partial charge in [-0.25, -0.2) is 32.0 Å². The summed E-state index contributed by atoms with van der Waals surface area (Å²) in [6.45, 7) is 2.75. The summed E-state index contributed by atoms with van der Waals surface area (Å²) in [5.41, 5.74) is 0.300. The summed E-state index contributed by atoms with van der Waals surface area (Å²) in [6.07, 6.45) is 0.803. The number of nitrogens with zero attached hydrogens (tertiary/aromatic N) is 3. The van der Waals surface area contributed by atoms with Crippen molar-refractivity contribution in [3.8, 4) is 0 Å². The number of imide groups is 2. The van der Waals surface area contributed by atoms with Crippen molar-refractivity contribution >= 4 is 57.7 Å². The molecule has 3 heterocycles. The first-order chi connectivity index (χ1) is 18.1. The minimum atomic E-state index is -3.91. The van der Waals surface area contributed by atoms with Crippen LogP contribution < -0.4 is 50.6 Å². The summed E-state index contributed by atoms with van der Waals surface area (Å²) in [5.74, 6) is -2.83. The van der Waals surface area contributed by atoms with Crippen molar-refractivity contribution in [2.45, 2.75) is 42.1 Å². The van der Waals surface area contributed by atoms with E-state index in [1.807, 2.05) is 5.32 Å². The number of fused-ring (bicyclic) bond motifs is 1. The van der Waals surface area contributed by atoms with Crippen LogP contribution in [0.15, 0.2) is 30.3 Å². The molecule has 1 aromatic rings. The standard InChI is InChI=1S/C22H26N6O9S2.Na/c1-22(2)14(18(31)32)28-16(30)13(17(28)38-22)23-15(29)12(11-7-5-4-6-8-11)24-19(33)25-20(34)26-9-10-27(21(26)35)39(3,36)37;/h4-8,12-14,17H,9-10H2,1-3H3,(H,23,29)(H,31,32)(H2,24,25,33,34);/q;+1/p-1. The summed E-state index contributed by atoms with van der Waals surface area (Å²) in [4.78, 5) is 76.7. The number of β-lactam (4-membered cyclic amide) rings is 1. The van der Waals surface area contributed by atoms with Crippen LogP contribution in [0.25, 0.3) is 0 Å². The molecule has 1 aromatic carbocycles. The van der Waals surface area contributed by atoms with E-state index in [2.05, 4.69) is 10.6 Å². The molecule has 0 aliphatic carbocycles. The number of carboxylic acids is 1. The molecule has 0 saturated carbocycles. The van der Waals surface area contributed by atoms with E-state index in [0.717, 1.165) is 11.2 Å². The Labute approximate surface area is 255 Å². The van der Waals surface area contributed by atoms with E-state index in [-0.39, 0.29) is 42.6 Å². The van der Waals surface area contributed by atoms with Crippen LogP contribution in [0.3, 0.4) is 0 Å². The summed E-state index contributed by atoms with van der Waals surface area (Å²) >= 11 is 1.19. The molecule has 0 spiro atoms. The number of hydrogen-bond acceptors (Lipinski definition) is 10. The quantitative estimate of drug-likeness (QED) is 0.209. The van der Waals surface area contributed by atoms with Gasteiger partial charge < -0.3 is 25.4 Å². The van der Waals surface area contributed by atoms with Crippen molar-refractivity contribution < 1.29 is 71.8 Å². The first-order valence-corrected chi connectivity index (χ1v) is 14.3. The third-order valence-electron chi connectivity index (χ3n) is 6.47. The van der Waals surface area contributed by atoms with E-state index >= 15 is 0 Å². The average Bonchev–Trinajstić information content (AvgIpc) is 3.36. The van der Waals surface area contributed by atoms with Crippen LogP contribution in [-0.2, 0) is 24.4 Å². The zero-order chi connectivity index (χ0) is 28.9. The van der Waals surface area contributed by atoms with E-state index < -0.39 is 74.1 Å². The molecule has 8 amide bonds. The van der Waals surface area contributed by atoms with Gasteiger partial charge in [-0.05, 0) is 19.4 Å². The van der Waals surface area contributed by atoms with E-state index in [1.54, 1.807) is 32.0 Å². The first-order valence-electron chi connectivity index (χ1n) is 11.6. The van der Waals surface area contributed by atoms with Crippen LogP contribution in [-0.4, -0.2) is 99.9 Å². The number of rotatable bonds is 6. The smallest absolute Gasteiger partial charge is 0.548 e.